The summed E-state index contributed by atoms with van der Waals surface area (Å²) in [6.07, 6.45) is 2.56. The van der Waals surface area contributed by atoms with Crippen LogP contribution in [0, 0.1) is 5.92 Å². The first-order chi connectivity index (χ1) is 11.1. The number of guanidine groups is 1. The fourth-order valence-corrected chi connectivity index (χ4v) is 2.97. The lowest BCUT2D eigenvalue weighted by molar-refractivity contribution is -0.119. The molecule has 0 aromatic heterocycles. The number of nitrogens with one attached hydrogen (secondary N) is 1. The average Bonchev–Trinajstić information content (AvgIpc) is 2.56. The van der Waals surface area contributed by atoms with Crippen LogP contribution in [0.25, 0.3) is 0 Å². The lowest BCUT2D eigenvalue weighted by Crippen LogP contribution is -2.46. The first kappa shape index (κ1) is 17.1. The molecule has 0 radical (unpaired) electrons. The number of carbonyl (C=O) groups is 1. The maximum absolute atomic E-state index is 11.1. The molecule has 1 aromatic carbocycles. The Kier molecular flexibility index (Phi) is 6.26. The molecular formula is C17H26N4O2. The van der Waals surface area contributed by atoms with E-state index in [1.54, 1.807) is 14.2 Å². The second-order valence-corrected chi connectivity index (χ2v) is 5.87. The zero-order valence-corrected chi connectivity index (χ0v) is 13.9. The van der Waals surface area contributed by atoms with E-state index >= 15 is 0 Å². The molecule has 3 N–H and O–H groups in total. The Hall–Kier alpha value is -2.24. The molecule has 0 aliphatic carbocycles. The number of rotatable bonds is 5. The molecule has 6 heteroatoms. The highest BCUT2D eigenvalue weighted by atomic mass is 16.5. The number of ether oxygens (including phenoxy) is 1. The van der Waals surface area contributed by atoms with E-state index in [0.29, 0.717) is 18.9 Å². The third kappa shape index (κ3) is 5.16. The van der Waals surface area contributed by atoms with Crippen LogP contribution < -0.4 is 15.8 Å². The molecule has 1 aliphatic heterocycles. The summed E-state index contributed by atoms with van der Waals surface area (Å²) in [6.45, 7) is 2.48. The van der Waals surface area contributed by atoms with Gasteiger partial charge in [-0.3, -0.25) is 9.79 Å². The SMILES string of the molecule is CN=C(NCc1ccc(OC)cc1)N1CCCC(CC(N)=O)C1. The molecule has 6 nitrogen and oxygen atoms in total. The topological polar surface area (TPSA) is 80.0 Å². The number of amides is 1. The number of aliphatic imine (C=N–C) groups is 1. The summed E-state index contributed by atoms with van der Waals surface area (Å²) in [5, 5.41) is 3.39. The van der Waals surface area contributed by atoms with E-state index in [2.05, 4.69) is 15.2 Å². The number of piperidine rings is 1. The molecule has 0 bridgehead atoms. The van der Waals surface area contributed by atoms with Crippen LogP contribution in [0.5, 0.6) is 5.75 Å². The number of nitrogens with zero attached hydrogens (tertiary/aromatic N) is 2. The van der Waals surface area contributed by atoms with Crippen LogP contribution in [0.3, 0.4) is 0 Å². The largest absolute Gasteiger partial charge is 0.497 e. The highest BCUT2D eigenvalue weighted by Gasteiger charge is 2.23. The normalized spacial score (nSPS) is 18.6. The number of hydrogen-bond donors (Lipinski definition) is 2. The van der Waals surface area contributed by atoms with Gasteiger partial charge in [-0.2, -0.15) is 0 Å². The molecule has 1 fully saturated rings. The Labute approximate surface area is 137 Å². The van der Waals surface area contributed by atoms with Crippen molar-refractivity contribution in [2.24, 2.45) is 16.6 Å². The van der Waals surface area contributed by atoms with Crippen molar-refractivity contribution in [1.82, 2.24) is 10.2 Å². The fraction of sp³-hybridized carbons (Fsp3) is 0.529. The first-order valence-electron chi connectivity index (χ1n) is 7.99. The van der Waals surface area contributed by atoms with Gasteiger partial charge in [-0.15, -0.1) is 0 Å². The highest BCUT2D eigenvalue weighted by Crippen LogP contribution is 2.19. The maximum atomic E-state index is 11.1. The lowest BCUT2D eigenvalue weighted by Gasteiger charge is -2.34. The molecule has 0 spiro atoms. The molecule has 126 valence electrons. The lowest BCUT2D eigenvalue weighted by atomic mass is 9.95. The van der Waals surface area contributed by atoms with Crippen molar-refractivity contribution in [2.75, 3.05) is 27.2 Å². The van der Waals surface area contributed by atoms with Crippen molar-refractivity contribution in [2.45, 2.75) is 25.8 Å². The van der Waals surface area contributed by atoms with Gasteiger partial charge in [0.2, 0.25) is 5.91 Å². The average molecular weight is 318 g/mol. The first-order valence-corrected chi connectivity index (χ1v) is 7.99. The minimum absolute atomic E-state index is 0.224. The van der Waals surface area contributed by atoms with Gasteiger partial charge in [0.25, 0.3) is 0 Å². The van der Waals surface area contributed by atoms with Crippen LogP contribution >= 0.6 is 0 Å². The Balaban J connectivity index is 1.90. The van der Waals surface area contributed by atoms with Crippen molar-refractivity contribution in [3.63, 3.8) is 0 Å². The Morgan fingerprint density at radius 2 is 2.17 bits per heavy atom. The van der Waals surface area contributed by atoms with E-state index in [1.807, 2.05) is 24.3 Å². The summed E-state index contributed by atoms with van der Waals surface area (Å²) >= 11 is 0. The number of benzene rings is 1. The van der Waals surface area contributed by atoms with Gasteiger partial charge in [0, 0.05) is 33.1 Å². The fourth-order valence-electron chi connectivity index (χ4n) is 2.97. The van der Waals surface area contributed by atoms with Crippen molar-refractivity contribution in [3.8, 4) is 5.75 Å². The molecule has 1 aromatic rings. The number of hydrogen-bond acceptors (Lipinski definition) is 3. The van der Waals surface area contributed by atoms with Crippen LogP contribution in [0.4, 0.5) is 0 Å². The summed E-state index contributed by atoms with van der Waals surface area (Å²) < 4.78 is 5.16. The van der Waals surface area contributed by atoms with Crippen LogP contribution in [-0.2, 0) is 11.3 Å². The van der Waals surface area contributed by atoms with E-state index in [9.17, 15) is 4.79 Å². The minimum atomic E-state index is -0.224. The summed E-state index contributed by atoms with van der Waals surface area (Å²) in [5.74, 6) is 1.82. The summed E-state index contributed by atoms with van der Waals surface area (Å²) in [7, 11) is 3.45. The molecule has 23 heavy (non-hydrogen) atoms. The predicted molar refractivity (Wildman–Crippen MR) is 91.3 cm³/mol. The Morgan fingerprint density at radius 1 is 1.43 bits per heavy atom. The zero-order chi connectivity index (χ0) is 16.7. The second kappa shape index (κ2) is 8.41. The number of carbonyl (C=O) groups excluding carboxylic acids is 1. The quantitative estimate of drug-likeness (QED) is 0.634. The molecule has 1 amide bonds. The van der Waals surface area contributed by atoms with Gasteiger partial charge in [0.05, 0.1) is 7.11 Å². The number of methoxy groups -OCH3 is 1. The minimum Gasteiger partial charge on any atom is -0.497 e. The third-order valence-corrected chi connectivity index (χ3v) is 4.13. The van der Waals surface area contributed by atoms with Gasteiger partial charge >= 0.3 is 0 Å². The summed E-state index contributed by atoms with van der Waals surface area (Å²) in [4.78, 5) is 17.7. The van der Waals surface area contributed by atoms with Crippen molar-refractivity contribution in [1.29, 1.82) is 0 Å². The van der Waals surface area contributed by atoms with Crippen LogP contribution in [0.2, 0.25) is 0 Å². The van der Waals surface area contributed by atoms with E-state index < -0.39 is 0 Å². The smallest absolute Gasteiger partial charge is 0.217 e. The molecule has 1 saturated heterocycles. The van der Waals surface area contributed by atoms with E-state index in [1.165, 1.54) is 0 Å². The van der Waals surface area contributed by atoms with Crippen molar-refractivity contribution in [3.05, 3.63) is 29.8 Å². The summed E-state index contributed by atoms with van der Waals surface area (Å²) in [6, 6.07) is 7.96. The van der Waals surface area contributed by atoms with Gasteiger partial charge < -0.3 is 20.7 Å². The molecular weight excluding hydrogens is 292 g/mol. The highest BCUT2D eigenvalue weighted by molar-refractivity contribution is 5.80. The van der Waals surface area contributed by atoms with Gasteiger partial charge in [-0.05, 0) is 36.5 Å². The zero-order valence-electron chi connectivity index (χ0n) is 13.9. The van der Waals surface area contributed by atoms with Gasteiger partial charge in [-0.25, -0.2) is 0 Å². The standard InChI is InChI=1S/C17H26N4O2/c1-19-17(20-11-13-5-7-15(23-2)8-6-13)21-9-3-4-14(12-21)10-16(18)22/h5-8,14H,3-4,9-12H2,1-2H3,(H2,18,22)(H,19,20). The molecule has 1 atom stereocenters. The van der Waals surface area contributed by atoms with E-state index in [4.69, 9.17) is 10.5 Å². The van der Waals surface area contributed by atoms with Gasteiger partial charge in [-0.1, -0.05) is 12.1 Å². The Morgan fingerprint density at radius 3 is 2.78 bits per heavy atom. The maximum Gasteiger partial charge on any atom is 0.217 e. The molecule has 1 heterocycles. The van der Waals surface area contributed by atoms with Gasteiger partial charge in [0.1, 0.15) is 5.75 Å². The van der Waals surface area contributed by atoms with E-state index in [0.717, 1.165) is 43.2 Å². The number of likely N-dealkylation sites (tertiary alicyclic amines) is 1. The third-order valence-electron chi connectivity index (χ3n) is 4.13. The Bertz CT molecular complexity index is 542. The monoisotopic (exact) mass is 318 g/mol. The van der Waals surface area contributed by atoms with Crippen LogP contribution in [-0.4, -0.2) is 44.0 Å². The number of nitrogens with two attached hydrogens (primary N) is 1. The second-order valence-electron chi connectivity index (χ2n) is 5.87. The van der Waals surface area contributed by atoms with Crippen LogP contribution in [0.15, 0.2) is 29.3 Å². The van der Waals surface area contributed by atoms with Crippen LogP contribution in [0.1, 0.15) is 24.8 Å². The predicted octanol–water partition coefficient (Wildman–Crippen LogP) is 1.36. The molecule has 2 rings (SSSR count). The van der Waals surface area contributed by atoms with E-state index in [-0.39, 0.29) is 5.91 Å². The number of primary amides is 1. The van der Waals surface area contributed by atoms with Crippen molar-refractivity contribution < 1.29 is 9.53 Å². The molecule has 1 aliphatic rings. The van der Waals surface area contributed by atoms with Crippen molar-refractivity contribution >= 4 is 11.9 Å². The molecule has 1 unspecified atom stereocenters. The summed E-state index contributed by atoms with van der Waals surface area (Å²) in [5.41, 5.74) is 6.49. The molecule has 0 saturated carbocycles. The van der Waals surface area contributed by atoms with Gasteiger partial charge in [0.15, 0.2) is 5.96 Å².